The molecule has 2 aliphatic rings. The Morgan fingerprint density at radius 1 is 1.16 bits per heavy atom. The lowest BCUT2D eigenvalue weighted by molar-refractivity contribution is -0.115. The highest BCUT2D eigenvalue weighted by atomic mass is 35.5. The summed E-state index contributed by atoms with van der Waals surface area (Å²) in [5.74, 6) is 1.82. The molecule has 2 amide bonds. The Morgan fingerprint density at radius 3 is 2.55 bits per heavy atom. The van der Waals surface area contributed by atoms with E-state index in [2.05, 4.69) is 27.5 Å². The Bertz CT molecular complexity index is 1540. The predicted molar refractivity (Wildman–Crippen MR) is 172 cm³/mol. The number of hydrogen-bond donors (Lipinski definition) is 3. The maximum absolute atomic E-state index is 12.4. The number of ether oxygens (including phenoxy) is 3. The Kier molecular flexibility index (Phi) is 9.97. The maximum atomic E-state index is 12.4. The third-order valence-corrected chi connectivity index (χ3v) is 8.78. The van der Waals surface area contributed by atoms with Crippen molar-refractivity contribution in [2.24, 2.45) is 5.92 Å². The van der Waals surface area contributed by atoms with E-state index in [-0.39, 0.29) is 36.3 Å². The van der Waals surface area contributed by atoms with Crippen LogP contribution in [0.5, 0.6) is 11.5 Å². The number of hydrogen-bond acceptors (Lipinski definition) is 9. The van der Waals surface area contributed by atoms with Crippen LogP contribution in [0.25, 0.3) is 22.0 Å². The maximum Gasteiger partial charge on any atom is 0.317 e. The van der Waals surface area contributed by atoms with E-state index in [1.807, 2.05) is 12.1 Å². The number of nitrogens with zero attached hydrogens (tertiary/aromatic N) is 3. The van der Waals surface area contributed by atoms with E-state index >= 15 is 0 Å². The first-order chi connectivity index (χ1) is 21.3. The van der Waals surface area contributed by atoms with Crippen molar-refractivity contribution in [3.05, 3.63) is 47.1 Å². The first-order valence-corrected chi connectivity index (χ1v) is 15.2. The number of carbonyl (C=O) groups is 2. The number of methoxy groups -OCH3 is 2. The molecule has 4 heterocycles. The summed E-state index contributed by atoms with van der Waals surface area (Å²) >= 11 is 13.5. The van der Waals surface area contributed by atoms with Crippen molar-refractivity contribution in [1.29, 1.82) is 0 Å². The van der Waals surface area contributed by atoms with Crippen molar-refractivity contribution in [3.63, 3.8) is 0 Å². The zero-order valence-corrected chi connectivity index (χ0v) is 26.4. The van der Waals surface area contributed by atoms with E-state index < -0.39 is 0 Å². The van der Waals surface area contributed by atoms with Crippen molar-refractivity contribution in [3.8, 4) is 22.8 Å². The molecule has 0 spiro atoms. The molecule has 2 aromatic heterocycles. The number of carbonyl (C=O) groups excluding carboxylic acids is 2. The number of rotatable bonds is 11. The zero-order chi connectivity index (χ0) is 31.4. The molecule has 3 N–H and O–H groups in total. The summed E-state index contributed by atoms with van der Waals surface area (Å²) < 4.78 is 16.8. The second kappa shape index (κ2) is 13.9. The van der Waals surface area contributed by atoms with Crippen molar-refractivity contribution in [2.45, 2.75) is 31.4 Å². The van der Waals surface area contributed by atoms with Crippen LogP contribution in [0.15, 0.2) is 37.1 Å². The summed E-state index contributed by atoms with van der Waals surface area (Å²) in [6, 6.07) is 5.02. The lowest BCUT2D eigenvalue weighted by Crippen LogP contribution is -2.37. The van der Waals surface area contributed by atoms with Crippen LogP contribution < -0.4 is 25.4 Å². The molecule has 11 nitrogen and oxygen atoms in total. The van der Waals surface area contributed by atoms with Gasteiger partial charge >= 0.3 is 6.03 Å². The van der Waals surface area contributed by atoms with Crippen molar-refractivity contribution >= 4 is 57.4 Å². The summed E-state index contributed by atoms with van der Waals surface area (Å²) in [6.45, 7) is 5.76. The van der Waals surface area contributed by atoms with Gasteiger partial charge in [-0.05, 0) is 31.1 Å². The van der Waals surface area contributed by atoms with Gasteiger partial charge in [-0.25, -0.2) is 14.8 Å². The number of halogens is 2. The molecular weight excluding hydrogens is 607 g/mol. The van der Waals surface area contributed by atoms with Crippen LogP contribution in [0.3, 0.4) is 0 Å². The van der Waals surface area contributed by atoms with Gasteiger partial charge in [0.2, 0.25) is 0 Å². The first-order valence-electron chi connectivity index (χ1n) is 14.4. The molecule has 0 radical (unpaired) electrons. The minimum absolute atomic E-state index is 0.0661. The second-order valence-corrected chi connectivity index (χ2v) is 11.5. The normalized spacial score (nSPS) is 19.6. The fourth-order valence-electron chi connectivity index (χ4n) is 5.71. The van der Waals surface area contributed by atoms with Gasteiger partial charge in [-0.15, -0.1) is 0 Å². The standard InChI is InChI=1S/C31H36Cl2N6O5/c1-5-19(40)9-18-15-39(31(41)34-2)16-23(18)37-26-11-21-17(13-35-26)10-22(38-30(21)36-14-20-7-6-8-44-20)27-28(32)24(42-3)12-25(43-4)29(27)33/h5,10-13,18,20,23H,1,6-9,14-16H2,2-4H3,(H,34,41)(H,35,37)(H,36,38)/t18-,20?,23+/m0/s1. The molecule has 0 bridgehead atoms. The molecule has 2 fully saturated rings. The monoisotopic (exact) mass is 642 g/mol. The lowest BCUT2D eigenvalue weighted by Gasteiger charge is -2.20. The predicted octanol–water partition coefficient (Wildman–Crippen LogP) is 5.41. The zero-order valence-electron chi connectivity index (χ0n) is 24.9. The number of anilines is 2. The molecule has 1 aromatic carbocycles. The molecule has 5 rings (SSSR count). The minimum Gasteiger partial charge on any atom is -0.495 e. The summed E-state index contributed by atoms with van der Waals surface area (Å²) in [5, 5.41) is 11.8. The average Bonchev–Trinajstić information content (AvgIpc) is 3.70. The number of urea groups is 1. The molecule has 1 unspecified atom stereocenters. The number of nitrogens with one attached hydrogen (secondary N) is 3. The van der Waals surface area contributed by atoms with Gasteiger partial charge in [-0.3, -0.25) is 4.79 Å². The van der Waals surface area contributed by atoms with Gasteiger partial charge in [0.05, 0.1) is 42.1 Å². The minimum atomic E-state index is -0.196. The van der Waals surface area contributed by atoms with Crippen LogP contribution in [-0.4, -0.2) is 86.3 Å². The number of amides is 2. The van der Waals surface area contributed by atoms with Crippen LogP contribution in [0, 0.1) is 5.92 Å². The van der Waals surface area contributed by atoms with E-state index in [4.69, 9.17) is 42.4 Å². The third kappa shape index (κ3) is 6.64. The van der Waals surface area contributed by atoms with Crippen molar-refractivity contribution < 1.29 is 23.8 Å². The van der Waals surface area contributed by atoms with Gasteiger partial charge in [0.15, 0.2) is 5.78 Å². The average molecular weight is 644 g/mol. The summed E-state index contributed by atoms with van der Waals surface area (Å²) in [7, 11) is 4.64. The summed E-state index contributed by atoms with van der Waals surface area (Å²) in [4.78, 5) is 36.0. The first kappa shape index (κ1) is 31.6. The van der Waals surface area contributed by atoms with Gasteiger partial charge < -0.3 is 35.1 Å². The number of ketones is 1. The smallest absolute Gasteiger partial charge is 0.317 e. The number of likely N-dealkylation sites (tertiary alicyclic amines) is 1. The van der Waals surface area contributed by atoms with Gasteiger partial charge in [-0.1, -0.05) is 29.8 Å². The molecule has 44 heavy (non-hydrogen) atoms. The van der Waals surface area contributed by atoms with Gasteiger partial charge in [0.25, 0.3) is 0 Å². The highest BCUT2D eigenvalue weighted by Crippen LogP contribution is 2.46. The Morgan fingerprint density at radius 2 is 1.91 bits per heavy atom. The number of fused-ring (bicyclic) bond motifs is 1. The van der Waals surface area contributed by atoms with Crippen LogP contribution in [0.4, 0.5) is 16.4 Å². The topological polar surface area (TPSA) is 127 Å². The van der Waals surface area contributed by atoms with E-state index in [1.165, 1.54) is 20.3 Å². The molecular formula is C31H36Cl2N6O5. The fourth-order valence-corrected chi connectivity index (χ4v) is 6.41. The van der Waals surface area contributed by atoms with Gasteiger partial charge in [-0.2, -0.15) is 0 Å². The molecule has 3 aromatic rings. The highest BCUT2D eigenvalue weighted by Gasteiger charge is 2.36. The van der Waals surface area contributed by atoms with E-state index in [1.54, 1.807) is 24.2 Å². The summed E-state index contributed by atoms with van der Waals surface area (Å²) in [5.41, 5.74) is 0.992. The molecule has 2 saturated heterocycles. The van der Waals surface area contributed by atoms with Crippen LogP contribution in [-0.2, 0) is 9.53 Å². The Hall–Kier alpha value is -3.80. The Balaban J connectivity index is 1.54. The third-order valence-electron chi connectivity index (χ3n) is 8.03. The quantitative estimate of drug-likeness (QED) is 0.235. The SMILES string of the molecule is C=CC(=O)C[C@H]1CN(C(=O)NC)C[C@H]1Nc1cc2c(NCC3CCCO3)nc(-c3c(Cl)c(OC)cc(OC)c3Cl)cc2cn1. The molecule has 13 heteroatoms. The highest BCUT2D eigenvalue weighted by molar-refractivity contribution is 6.41. The van der Waals surface area contributed by atoms with E-state index in [9.17, 15) is 9.59 Å². The number of aromatic nitrogens is 2. The van der Waals surface area contributed by atoms with Gasteiger partial charge in [0, 0.05) is 74.2 Å². The van der Waals surface area contributed by atoms with Crippen LogP contribution >= 0.6 is 23.2 Å². The van der Waals surface area contributed by atoms with Gasteiger partial charge in [0.1, 0.15) is 23.1 Å². The Labute approximate surface area is 266 Å². The molecule has 0 saturated carbocycles. The largest absolute Gasteiger partial charge is 0.495 e. The lowest BCUT2D eigenvalue weighted by atomic mass is 9.97. The van der Waals surface area contributed by atoms with E-state index in [0.717, 1.165) is 30.2 Å². The molecule has 3 atom stereocenters. The molecule has 234 valence electrons. The molecule has 2 aliphatic heterocycles. The fraction of sp³-hybridized carbons (Fsp3) is 0.419. The van der Waals surface area contributed by atoms with Crippen molar-refractivity contribution in [2.75, 3.05) is 58.1 Å². The number of pyridine rings is 2. The summed E-state index contributed by atoms with van der Waals surface area (Å²) in [6.07, 6.45) is 5.37. The van der Waals surface area contributed by atoms with Crippen molar-refractivity contribution in [1.82, 2.24) is 20.2 Å². The number of benzene rings is 1. The van der Waals surface area contributed by atoms with Crippen LogP contribution in [0.2, 0.25) is 10.0 Å². The molecule has 0 aliphatic carbocycles. The van der Waals surface area contributed by atoms with E-state index in [0.29, 0.717) is 64.1 Å². The second-order valence-electron chi connectivity index (χ2n) is 10.8. The number of allylic oxidation sites excluding steroid dienone is 1. The van der Waals surface area contributed by atoms with Crippen LogP contribution in [0.1, 0.15) is 19.3 Å².